The number of carbonyl (C=O) groups is 1. The first kappa shape index (κ1) is 13.5. The summed E-state index contributed by atoms with van der Waals surface area (Å²) in [5.74, 6) is 0.373. The van der Waals surface area contributed by atoms with E-state index in [1.807, 2.05) is 24.3 Å². The molecule has 2 rings (SSSR count). The van der Waals surface area contributed by atoms with E-state index in [1.165, 1.54) is 18.6 Å². The molecule has 0 aliphatic rings. The van der Waals surface area contributed by atoms with Crippen LogP contribution < -0.4 is 15.6 Å². The van der Waals surface area contributed by atoms with E-state index in [-0.39, 0.29) is 11.6 Å². The number of ether oxygens (including phenoxy) is 1. The number of rotatable bonds is 5. The van der Waals surface area contributed by atoms with Gasteiger partial charge in [0.25, 0.3) is 5.91 Å². The molecule has 0 aliphatic carbocycles. The van der Waals surface area contributed by atoms with Crippen molar-refractivity contribution < 1.29 is 9.53 Å². The van der Waals surface area contributed by atoms with Crippen molar-refractivity contribution in [1.82, 2.24) is 20.8 Å². The van der Waals surface area contributed by atoms with Crippen LogP contribution in [0.5, 0.6) is 5.75 Å². The molecule has 0 atom stereocenters. The summed E-state index contributed by atoms with van der Waals surface area (Å²) in [5, 5.41) is 0. The molecule has 1 amide bonds. The molecule has 0 unspecified atom stereocenters. The van der Waals surface area contributed by atoms with Crippen molar-refractivity contribution >= 4 is 11.6 Å². The second kappa shape index (κ2) is 6.33. The molecule has 0 bridgehead atoms. The maximum absolute atomic E-state index is 11.7. The normalized spacial score (nSPS) is 9.65. The van der Waals surface area contributed by atoms with Gasteiger partial charge in [-0.05, 0) is 29.8 Å². The molecule has 0 saturated heterocycles. The highest BCUT2D eigenvalue weighted by atomic mass is 16.5. The first-order valence-electron chi connectivity index (χ1n) is 5.86. The van der Waals surface area contributed by atoms with Gasteiger partial charge in [0, 0.05) is 12.4 Å². The van der Waals surface area contributed by atoms with Crippen molar-refractivity contribution in [3.05, 3.63) is 60.7 Å². The van der Waals surface area contributed by atoms with Crippen LogP contribution in [0.15, 0.2) is 49.4 Å². The highest BCUT2D eigenvalue weighted by Gasteiger charge is 2.06. The summed E-state index contributed by atoms with van der Waals surface area (Å²) >= 11 is 0. The molecule has 1 aromatic carbocycles. The van der Waals surface area contributed by atoms with Crippen LogP contribution in [0.25, 0.3) is 5.70 Å². The average Bonchev–Trinajstić information content (AvgIpc) is 2.53. The second-order valence-corrected chi connectivity index (χ2v) is 3.88. The van der Waals surface area contributed by atoms with E-state index in [2.05, 4.69) is 27.4 Å². The Morgan fingerprint density at radius 1 is 1.20 bits per heavy atom. The molecule has 0 fully saturated rings. The zero-order valence-corrected chi connectivity index (χ0v) is 11.0. The van der Waals surface area contributed by atoms with E-state index in [0.29, 0.717) is 5.70 Å². The molecule has 0 radical (unpaired) electrons. The summed E-state index contributed by atoms with van der Waals surface area (Å²) in [4.78, 5) is 19.5. The third-order valence-electron chi connectivity index (χ3n) is 2.56. The molecule has 0 spiro atoms. The van der Waals surface area contributed by atoms with Gasteiger partial charge in [-0.15, -0.1) is 0 Å². The van der Waals surface area contributed by atoms with E-state index in [0.717, 1.165) is 11.3 Å². The van der Waals surface area contributed by atoms with E-state index in [4.69, 9.17) is 4.74 Å². The van der Waals surface area contributed by atoms with Crippen LogP contribution in [0.2, 0.25) is 0 Å². The minimum atomic E-state index is -0.382. The van der Waals surface area contributed by atoms with E-state index in [9.17, 15) is 4.79 Å². The van der Waals surface area contributed by atoms with Crippen LogP contribution in [-0.2, 0) is 0 Å². The summed E-state index contributed by atoms with van der Waals surface area (Å²) in [5.41, 5.74) is 6.86. The predicted molar refractivity (Wildman–Crippen MR) is 74.7 cm³/mol. The topological polar surface area (TPSA) is 76.1 Å². The lowest BCUT2D eigenvalue weighted by atomic mass is 10.2. The number of nitrogens with zero attached hydrogens (tertiary/aromatic N) is 2. The number of hydrogen-bond donors (Lipinski definition) is 2. The zero-order chi connectivity index (χ0) is 14.4. The smallest absolute Gasteiger partial charge is 0.289 e. The fourth-order valence-electron chi connectivity index (χ4n) is 1.48. The van der Waals surface area contributed by atoms with Gasteiger partial charge in [0.1, 0.15) is 11.4 Å². The van der Waals surface area contributed by atoms with Gasteiger partial charge in [-0.1, -0.05) is 6.58 Å². The molecular weight excluding hydrogens is 256 g/mol. The Morgan fingerprint density at radius 2 is 1.95 bits per heavy atom. The van der Waals surface area contributed by atoms with Gasteiger partial charge in [-0.25, -0.2) is 4.98 Å². The van der Waals surface area contributed by atoms with E-state index in [1.54, 1.807) is 7.11 Å². The molecule has 0 saturated carbocycles. The van der Waals surface area contributed by atoms with Gasteiger partial charge in [0.2, 0.25) is 0 Å². The first-order chi connectivity index (χ1) is 9.70. The number of amides is 1. The zero-order valence-electron chi connectivity index (χ0n) is 11.0. The molecule has 6 heteroatoms. The largest absolute Gasteiger partial charge is 0.497 e. The molecule has 6 nitrogen and oxygen atoms in total. The minimum absolute atomic E-state index is 0.225. The Balaban J connectivity index is 1.93. The number of aromatic nitrogens is 2. The van der Waals surface area contributed by atoms with Gasteiger partial charge < -0.3 is 4.74 Å². The maximum atomic E-state index is 11.7. The van der Waals surface area contributed by atoms with E-state index < -0.39 is 0 Å². The summed E-state index contributed by atoms with van der Waals surface area (Å²) in [6.07, 6.45) is 4.33. The Labute approximate surface area is 116 Å². The molecule has 2 N–H and O–H groups in total. The summed E-state index contributed by atoms with van der Waals surface area (Å²) in [7, 11) is 1.60. The third-order valence-corrected chi connectivity index (χ3v) is 2.56. The van der Waals surface area contributed by atoms with Crippen molar-refractivity contribution in [2.24, 2.45) is 0 Å². The van der Waals surface area contributed by atoms with Crippen LogP contribution in [-0.4, -0.2) is 23.0 Å². The SMILES string of the molecule is C=C(NNC(=O)c1cnccn1)c1ccc(OC)cc1. The number of hydrazine groups is 1. The van der Waals surface area contributed by atoms with Crippen molar-refractivity contribution in [1.29, 1.82) is 0 Å². The van der Waals surface area contributed by atoms with Crippen molar-refractivity contribution in [2.75, 3.05) is 7.11 Å². The van der Waals surface area contributed by atoms with Crippen LogP contribution in [0.3, 0.4) is 0 Å². The van der Waals surface area contributed by atoms with Crippen LogP contribution in [0.1, 0.15) is 16.1 Å². The molecule has 2 aromatic rings. The molecule has 102 valence electrons. The Bertz CT molecular complexity index is 596. The number of hydrogen-bond acceptors (Lipinski definition) is 5. The fraction of sp³-hybridized carbons (Fsp3) is 0.0714. The Kier molecular flexibility index (Phi) is 4.28. The van der Waals surface area contributed by atoms with Crippen molar-refractivity contribution in [3.63, 3.8) is 0 Å². The molecule has 20 heavy (non-hydrogen) atoms. The lowest BCUT2D eigenvalue weighted by Gasteiger charge is -2.11. The van der Waals surface area contributed by atoms with Gasteiger partial charge in [-0.3, -0.25) is 20.6 Å². The average molecular weight is 270 g/mol. The quantitative estimate of drug-likeness (QED) is 0.803. The molecular formula is C14H14N4O2. The summed E-state index contributed by atoms with van der Waals surface area (Å²) in [6.45, 7) is 3.84. The summed E-state index contributed by atoms with van der Waals surface area (Å²) in [6, 6.07) is 7.30. The molecule has 0 aliphatic heterocycles. The van der Waals surface area contributed by atoms with Gasteiger partial charge in [-0.2, -0.15) is 0 Å². The van der Waals surface area contributed by atoms with Gasteiger partial charge >= 0.3 is 0 Å². The van der Waals surface area contributed by atoms with Gasteiger partial charge in [0.05, 0.1) is 19.0 Å². The van der Waals surface area contributed by atoms with E-state index >= 15 is 0 Å². The first-order valence-corrected chi connectivity index (χ1v) is 5.86. The monoisotopic (exact) mass is 270 g/mol. The maximum Gasteiger partial charge on any atom is 0.289 e. The Hall–Kier alpha value is -2.89. The standard InChI is InChI=1S/C14H14N4O2/c1-10(11-3-5-12(20-2)6-4-11)17-18-14(19)13-9-15-7-8-16-13/h3-9,17H,1H2,2H3,(H,18,19). The number of benzene rings is 1. The lowest BCUT2D eigenvalue weighted by molar-refractivity contribution is 0.0937. The highest BCUT2D eigenvalue weighted by molar-refractivity contribution is 5.92. The summed E-state index contributed by atoms with van der Waals surface area (Å²) < 4.78 is 5.07. The van der Waals surface area contributed by atoms with Crippen LogP contribution in [0, 0.1) is 0 Å². The van der Waals surface area contributed by atoms with Crippen molar-refractivity contribution in [2.45, 2.75) is 0 Å². The van der Waals surface area contributed by atoms with Crippen molar-refractivity contribution in [3.8, 4) is 5.75 Å². The second-order valence-electron chi connectivity index (χ2n) is 3.88. The predicted octanol–water partition coefficient (Wildman–Crippen LogP) is 1.39. The molecule has 1 heterocycles. The lowest BCUT2D eigenvalue weighted by Crippen LogP contribution is -2.36. The number of nitrogens with one attached hydrogen (secondary N) is 2. The fourth-order valence-corrected chi connectivity index (χ4v) is 1.48. The number of carbonyl (C=O) groups excluding carboxylic acids is 1. The highest BCUT2D eigenvalue weighted by Crippen LogP contribution is 2.15. The third kappa shape index (κ3) is 3.32. The minimum Gasteiger partial charge on any atom is -0.497 e. The number of methoxy groups -OCH3 is 1. The van der Waals surface area contributed by atoms with Crippen LogP contribution in [0.4, 0.5) is 0 Å². The van der Waals surface area contributed by atoms with Crippen LogP contribution >= 0.6 is 0 Å². The van der Waals surface area contributed by atoms with Gasteiger partial charge in [0.15, 0.2) is 0 Å². The molecule has 1 aromatic heterocycles. The Morgan fingerprint density at radius 3 is 2.55 bits per heavy atom.